The molecule has 5 nitrogen and oxygen atoms in total. The lowest BCUT2D eigenvalue weighted by molar-refractivity contribution is -0.129. The highest BCUT2D eigenvalue weighted by molar-refractivity contribution is 9.10. The fourth-order valence-electron chi connectivity index (χ4n) is 2.56. The van der Waals surface area contributed by atoms with Crippen LogP contribution in [0.4, 0.5) is 0 Å². The number of benzene rings is 2. The largest absolute Gasteiger partial charge is 0.493 e. The molecule has 2 aromatic rings. The van der Waals surface area contributed by atoms with Crippen LogP contribution in [0.25, 0.3) is 6.08 Å². The number of hydrogen-bond acceptors (Lipinski definition) is 5. The maximum Gasteiger partial charge on any atom is 0.363 e. The summed E-state index contributed by atoms with van der Waals surface area (Å²) in [5.74, 6) is 1.03. The minimum Gasteiger partial charge on any atom is -0.493 e. The zero-order valence-electron chi connectivity index (χ0n) is 15.5. The molecule has 0 saturated carbocycles. The summed E-state index contributed by atoms with van der Waals surface area (Å²) in [4.78, 5) is 16.6. The highest BCUT2D eigenvalue weighted by atomic mass is 79.9. The van der Waals surface area contributed by atoms with Crippen LogP contribution in [-0.2, 0) is 9.53 Å². The van der Waals surface area contributed by atoms with Gasteiger partial charge in [-0.2, -0.15) is 0 Å². The predicted molar refractivity (Wildman–Crippen MR) is 116 cm³/mol. The van der Waals surface area contributed by atoms with Crippen LogP contribution < -0.4 is 9.47 Å². The van der Waals surface area contributed by atoms with Crippen LogP contribution in [0.3, 0.4) is 0 Å². The molecule has 146 valence electrons. The smallest absolute Gasteiger partial charge is 0.363 e. The van der Waals surface area contributed by atoms with E-state index < -0.39 is 5.97 Å². The summed E-state index contributed by atoms with van der Waals surface area (Å²) < 4.78 is 18.3. The summed E-state index contributed by atoms with van der Waals surface area (Å²) in [6.45, 7) is 2.72. The minimum atomic E-state index is -0.490. The molecule has 0 spiro atoms. The average molecular weight is 509 g/mol. The van der Waals surface area contributed by atoms with Crippen LogP contribution >= 0.6 is 31.9 Å². The lowest BCUT2D eigenvalue weighted by Crippen LogP contribution is -2.05. The zero-order chi connectivity index (χ0) is 20.1. The summed E-state index contributed by atoms with van der Waals surface area (Å²) in [6, 6.07) is 11.1. The Hall–Kier alpha value is -2.12. The Morgan fingerprint density at radius 1 is 1.18 bits per heavy atom. The first-order chi connectivity index (χ1) is 13.5. The van der Waals surface area contributed by atoms with Crippen LogP contribution in [-0.4, -0.2) is 25.6 Å². The van der Waals surface area contributed by atoms with E-state index in [9.17, 15) is 4.79 Å². The molecule has 0 aliphatic carbocycles. The van der Waals surface area contributed by atoms with Gasteiger partial charge in [-0.1, -0.05) is 29.3 Å². The minimum absolute atomic E-state index is 0.228. The fourth-order valence-corrected chi connectivity index (χ4v) is 3.40. The van der Waals surface area contributed by atoms with Gasteiger partial charge in [-0.05, 0) is 70.4 Å². The van der Waals surface area contributed by atoms with Gasteiger partial charge in [0, 0.05) is 10.0 Å². The van der Waals surface area contributed by atoms with Gasteiger partial charge in [-0.25, -0.2) is 9.79 Å². The topological polar surface area (TPSA) is 57.1 Å². The van der Waals surface area contributed by atoms with Crippen molar-refractivity contribution in [2.75, 3.05) is 13.7 Å². The van der Waals surface area contributed by atoms with Gasteiger partial charge < -0.3 is 14.2 Å². The third-order valence-corrected chi connectivity index (χ3v) is 5.13. The number of aliphatic imine (C=N–C) groups is 1. The Bertz CT molecular complexity index is 936. The van der Waals surface area contributed by atoms with E-state index in [1.807, 2.05) is 30.3 Å². The fraction of sp³-hybridized carbons (Fsp3) is 0.238. The molecule has 2 aromatic carbocycles. The highest BCUT2D eigenvalue weighted by Crippen LogP contribution is 2.37. The van der Waals surface area contributed by atoms with E-state index in [4.69, 9.17) is 14.2 Å². The van der Waals surface area contributed by atoms with Crippen molar-refractivity contribution in [3.05, 3.63) is 62.2 Å². The standard InChI is InChI=1S/C21H19Br2NO4/c1-3-4-9-27-19-16(23)10-13(12-18(19)26-2)11-17-21(25)28-20(24-17)14-5-7-15(22)8-6-14/h5-8,10-12H,3-4,9H2,1-2H3/b17-11-. The molecule has 28 heavy (non-hydrogen) atoms. The summed E-state index contributed by atoms with van der Waals surface area (Å²) in [6.07, 6.45) is 3.67. The van der Waals surface area contributed by atoms with Crippen LogP contribution in [0.15, 0.2) is 56.0 Å². The van der Waals surface area contributed by atoms with E-state index in [-0.39, 0.29) is 11.6 Å². The summed E-state index contributed by atoms with van der Waals surface area (Å²) in [5, 5.41) is 0. The zero-order valence-corrected chi connectivity index (χ0v) is 18.7. The molecular weight excluding hydrogens is 490 g/mol. The van der Waals surface area contributed by atoms with E-state index >= 15 is 0 Å². The number of carbonyl (C=O) groups is 1. The monoisotopic (exact) mass is 507 g/mol. The van der Waals surface area contributed by atoms with Crippen molar-refractivity contribution >= 4 is 49.8 Å². The lowest BCUT2D eigenvalue weighted by atomic mass is 10.1. The highest BCUT2D eigenvalue weighted by Gasteiger charge is 2.24. The van der Waals surface area contributed by atoms with Crippen molar-refractivity contribution < 1.29 is 19.0 Å². The van der Waals surface area contributed by atoms with Crippen LogP contribution in [0.5, 0.6) is 11.5 Å². The van der Waals surface area contributed by atoms with Gasteiger partial charge in [0.2, 0.25) is 5.90 Å². The Morgan fingerprint density at radius 2 is 1.93 bits per heavy atom. The molecule has 1 aliphatic rings. The molecule has 7 heteroatoms. The first-order valence-corrected chi connectivity index (χ1v) is 10.4. The number of methoxy groups -OCH3 is 1. The molecule has 0 atom stereocenters. The van der Waals surface area contributed by atoms with Crippen molar-refractivity contribution in [2.24, 2.45) is 4.99 Å². The second-order valence-corrected chi connectivity index (χ2v) is 7.85. The van der Waals surface area contributed by atoms with Gasteiger partial charge in [0.15, 0.2) is 17.2 Å². The van der Waals surface area contributed by atoms with E-state index in [2.05, 4.69) is 43.8 Å². The van der Waals surface area contributed by atoms with Crippen LogP contribution in [0.2, 0.25) is 0 Å². The molecule has 0 aromatic heterocycles. The maximum atomic E-state index is 12.2. The van der Waals surface area contributed by atoms with Crippen molar-refractivity contribution in [1.29, 1.82) is 0 Å². The van der Waals surface area contributed by atoms with Gasteiger partial charge in [-0.15, -0.1) is 0 Å². The van der Waals surface area contributed by atoms with E-state index in [0.717, 1.165) is 32.9 Å². The molecule has 0 fully saturated rings. The second-order valence-electron chi connectivity index (χ2n) is 6.08. The third kappa shape index (κ3) is 4.83. The van der Waals surface area contributed by atoms with Crippen molar-refractivity contribution in [2.45, 2.75) is 19.8 Å². The maximum absolute atomic E-state index is 12.2. The number of carbonyl (C=O) groups excluding carboxylic acids is 1. The quantitative estimate of drug-likeness (QED) is 0.271. The Morgan fingerprint density at radius 3 is 2.61 bits per heavy atom. The molecule has 0 unspecified atom stereocenters. The number of halogens is 2. The van der Waals surface area contributed by atoms with Crippen molar-refractivity contribution in [3.8, 4) is 11.5 Å². The Balaban J connectivity index is 1.88. The van der Waals surface area contributed by atoms with Crippen LogP contribution in [0.1, 0.15) is 30.9 Å². The summed E-state index contributed by atoms with van der Waals surface area (Å²) in [7, 11) is 1.58. The molecule has 0 bridgehead atoms. The van der Waals surface area contributed by atoms with E-state index in [1.165, 1.54) is 0 Å². The van der Waals surface area contributed by atoms with Gasteiger partial charge in [0.1, 0.15) is 0 Å². The first-order valence-electron chi connectivity index (χ1n) is 8.80. The molecule has 0 N–H and O–H groups in total. The Kier molecular flexibility index (Phi) is 6.91. The van der Waals surface area contributed by atoms with Gasteiger partial charge in [0.05, 0.1) is 18.2 Å². The van der Waals surface area contributed by atoms with E-state index in [0.29, 0.717) is 18.1 Å². The molecule has 1 heterocycles. The number of unbranched alkanes of at least 4 members (excludes halogenated alkanes) is 1. The molecule has 0 radical (unpaired) electrons. The molecular formula is C21H19Br2NO4. The lowest BCUT2D eigenvalue weighted by Gasteiger charge is -2.13. The summed E-state index contributed by atoms with van der Waals surface area (Å²) in [5.41, 5.74) is 1.71. The Labute approximate surface area is 180 Å². The van der Waals surface area contributed by atoms with Crippen molar-refractivity contribution in [1.82, 2.24) is 0 Å². The average Bonchev–Trinajstić information content (AvgIpc) is 3.04. The third-order valence-electron chi connectivity index (χ3n) is 4.01. The number of rotatable bonds is 7. The number of nitrogens with zero attached hydrogens (tertiary/aromatic N) is 1. The van der Waals surface area contributed by atoms with E-state index in [1.54, 1.807) is 19.3 Å². The molecule has 0 amide bonds. The van der Waals surface area contributed by atoms with Crippen LogP contribution in [0, 0.1) is 0 Å². The number of ether oxygens (including phenoxy) is 3. The van der Waals surface area contributed by atoms with Gasteiger partial charge in [0.25, 0.3) is 0 Å². The van der Waals surface area contributed by atoms with Gasteiger partial charge in [-0.3, -0.25) is 0 Å². The number of esters is 1. The SMILES string of the molecule is CCCCOc1c(Br)cc(/C=C2\N=C(c3ccc(Br)cc3)OC2=O)cc1OC. The van der Waals surface area contributed by atoms with Gasteiger partial charge >= 0.3 is 5.97 Å². The first kappa shape index (κ1) is 20.6. The molecule has 1 aliphatic heterocycles. The predicted octanol–water partition coefficient (Wildman–Crippen LogP) is 5.74. The second kappa shape index (κ2) is 9.39. The molecule has 0 saturated heterocycles. The number of cyclic esters (lactones) is 1. The molecule has 3 rings (SSSR count). The van der Waals surface area contributed by atoms with Crippen molar-refractivity contribution in [3.63, 3.8) is 0 Å². The summed E-state index contributed by atoms with van der Waals surface area (Å²) >= 11 is 6.90. The number of hydrogen-bond donors (Lipinski definition) is 0. The normalized spacial score (nSPS) is 14.8.